The van der Waals surface area contributed by atoms with Gasteiger partial charge in [-0.15, -0.1) is 11.3 Å². The smallest absolute Gasteiger partial charge is 0.346 e. The summed E-state index contributed by atoms with van der Waals surface area (Å²) in [6, 6.07) is 9.54. The fourth-order valence-electron chi connectivity index (χ4n) is 2.41. The van der Waals surface area contributed by atoms with Crippen molar-refractivity contribution in [3.8, 4) is 10.6 Å². The van der Waals surface area contributed by atoms with Crippen molar-refractivity contribution in [1.29, 1.82) is 0 Å². The summed E-state index contributed by atoms with van der Waals surface area (Å²) in [6.07, 6.45) is 5.62. The molecule has 1 aromatic carbocycles. The normalized spacial score (nSPS) is 13.7. The maximum Gasteiger partial charge on any atom is 0.346 e. The lowest BCUT2D eigenvalue weighted by Gasteiger charge is -1.95. The molecule has 0 fully saturated rings. The number of allylic oxidation sites excluding steroid dienone is 2. The Morgan fingerprint density at radius 1 is 1.23 bits per heavy atom. The molecule has 1 aliphatic carbocycles. The Hall–Kier alpha value is -2.66. The molecule has 0 radical (unpaired) electrons. The summed E-state index contributed by atoms with van der Waals surface area (Å²) >= 11 is 1.46. The van der Waals surface area contributed by atoms with Gasteiger partial charge >= 0.3 is 5.63 Å². The second kappa shape index (κ2) is 4.96. The van der Waals surface area contributed by atoms with Gasteiger partial charge in [0, 0.05) is 11.3 Å². The third kappa shape index (κ3) is 2.16. The van der Waals surface area contributed by atoms with E-state index < -0.39 is 5.63 Å². The number of thiazole rings is 1. The van der Waals surface area contributed by atoms with Crippen LogP contribution in [0, 0.1) is 0 Å². The van der Waals surface area contributed by atoms with Crippen molar-refractivity contribution in [3.63, 3.8) is 0 Å². The molecule has 2 aromatic heterocycles. The number of rotatable bonds is 1. The Balaban J connectivity index is 1.98. The van der Waals surface area contributed by atoms with Crippen LogP contribution in [-0.4, -0.2) is 10.1 Å². The Morgan fingerprint density at radius 3 is 2.95 bits per heavy atom. The van der Waals surface area contributed by atoms with Crippen LogP contribution in [0.15, 0.2) is 51.4 Å². The highest BCUT2D eigenvalue weighted by Crippen LogP contribution is 2.27. The van der Waals surface area contributed by atoms with E-state index in [0.717, 1.165) is 15.4 Å². The lowest BCUT2D eigenvalue weighted by Crippen LogP contribution is -2.29. The van der Waals surface area contributed by atoms with Gasteiger partial charge in [0.05, 0.1) is 15.8 Å². The van der Waals surface area contributed by atoms with Gasteiger partial charge in [-0.1, -0.05) is 18.2 Å². The molecule has 0 bridgehead atoms. The van der Waals surface area contributed by atoms with Gasteiger partial charge in [0.1, 0.15) is 16.2 Å². The third-order valence-electron chi connectivity index (χ3n) is 3.47. The maximum atomic E-state index is 12.3. The average Bonchev–Trinajstić information content (AvgIpc) is 2.84. The number of aromatic nitrogens is 1. The molecule has 4 rings (SSSR count). The van der Waals surface area contributed by atoms with Gasteiger partial charge in [-0.25, -0.2) is 9.78 Å². The van der Waals surface area contributed by atoms with E-state index in [-0.39, 0.29) is 5.76 Å². The fraction of sp³-hybridized carbons (Fsp3) is 0.0588. The first-order valence-electron chi connectivity index (χ1n) is 6.82. The molecule has 3 aromatic rings. The van der Waals surface area contributed by atoms with E-state index in [4.69, 9.17) is 4.42 Å². The highest BCUT2D eigenvalue weighted by molar-refractivity contribution is 7.21. The molecule has 22 heavy (non-hydrogen) atoms. The number of benzene rings is 1. The molecule has 2 heterocycles. The topological polar surface area (TPSA) is 63.3 Å². The molecule has 0 saturated carbocycles. The van der Waals surface area contributed by atoms with E-state index in [1.165, 1.54) is 17.4 Å². The van der Waals surface area contributed by atoms with E-state index in [2.05, 4.69) is 4.98 Å². The van der Waals surface area contributed by atoms with Crippen molar-refractivity contribution in [2.24, 2.45) is 0 Å². The quantitative estimate of drug-likeness (QED) is 0.749. The van der Waals surface area contributed by atoms with Crippen molar-refractivity contribution in [2.75, 3.05) is 0 Å². The molecule has 0 aliphatic heterocycles. The minimum Gasteiger partial charge on any atom is -0.508 e. The van der Waals surface area contributed by atoms with Crippen LogP contribution >= 0.6 is 11.3 Å². The van der Waals surface area contributed by atoms with Gasteiger partial charge in [-0.3, -0.25) is 0 Å². The van der Waals surface area contributed by atoms with Crippen LogP contribution in [-0.2, 0) is 0 Å². The van der Waals surface area contributed by atoms with Crippen molar-refractivity contribution in [1.82, 2.24) is 4.98 Å². The van der Waals surface area contributed by atoms with Crippen molar-refractivity contribution in [2.45, 2.75) is 6.42 Å². The standard InChI is InChI=1S/C17H11NO3S/c19-11-5-3-4-10-8-12(17(20)21-14(10)9-11)16-18-13-6-1-2-7-15(13)22-16/h1-2,4-9,19H,3H2. The second-order valence-electron chi connectivity index (χ2n) is 4.97. The first kappa shape index (κ1) is 13.0. The molecule has 0 spiro atoms. The SMILES string of the molecule is O=c1oc2c(cc1-c1nc3ccccc3s1)=CCC=C(O)C=2. The van der Waals surface area contributed by atoms with Crippen molar-refractivity contribution < 1.29 is 9.52 Å². The number of aliphatic hydroxyl groups excluding tert-OH is 1. The largest absolute Gasteiger partial charge is 0.508 e. The minimum atomic E-state index is -0.447. The fourth-order valence-corrected chi connectivity index (χ4v) is 3.38. The molecule has 1 aliphatic rings. The summed E-state index contributed by atoms with van der Waals surface area (Å²) in [7, 11) is 0. The number of aliphatic hydroxyl groups is 1. The van der Waals surface area contributed by atoms with E-state index in [1.807, 2.05) is 30.3 Å². The Kier molecular flexibility index (Phi) is 2.94. The average molecular weight is 309 g/mol. The summed E-state index contributed by atoms with van der Waals surface area (Å²) in [4.78, 5) is 16.8. The van der Waals surface area contributed by atoms with Gasteiger partial charge in [0.15, 0.2) is 0 Å². The molecule has 108 valence electrons. The third-order valence-corrected chi connectivity index (χ3v) is 4.54. The number of fused-ring (bicyclic) bond motifs is 2. The molecule has 0 unspecified atom stereocenters. The Bertz CT molecular complexity index is 1060. The van der Waals surface area contributed by atoms with Crippen LogP contribution < -0.4 is 16.3 Å². The van der Waals surface area contributed by atoms with Gasteiger partial charge < -0.3 is 9.52 Å². The van der Waals surface area contributed by atoms with Crippen LogP contribution in [0.3, 0.4) is 0 Å². The van der Waals surface area contributed by atoms with Crippen LogP contribution in [0.25, 0.3) is 32.9 Å². The lowest BCUT2D eigenvalue weighted by atomic mass is 10.2. The van der Waals surface area contributed by atoms with E-state index in [1.54, 1.807) is 12.1 Å². The zero-order chi connectivity index (χ0) is 15.1. The van der Waals surface area contributed by atoms with Gasteiger partial charge in [0.25, 0.3) is 0 Å². The van der Waals surface area contributed by atoms with E-state index in [0.29, 0.717) is 22.4 Å². The Morgan fingerprint density at radius 2 is 2.09 bits per heavy atom. The first-order chi connectivity index (χ1) is 10.7. The van der Waals surface area contributed by atoms with Crippen LogP contribution in [0.4, 0.5) is 0 Å². The molecule has 5 heteroatoms. The zero-order valence-electron chi connectivity index (χ0n) is 11.4. The summed E-state index contributed by atoms with van der Waals surface area (Å²) < 4.78 is 6.38. The lowest BCUT2D eigenvalue weighted by molar-refractivity contribution is 0.432. The monoisotopic (exact) mass is 309 g/mol. The highest BCUT2D eigenvalue weighted by atomic mass is 32.1. The van der Waals surface area contributed by atoms with Gasteiger partial charge in [-0.05, 0) is 30.7 Å². The first-order valence-corrected chi connectivity index (χ1v) is 7.63. The summed E-state index contributed by atoms with van der Waals surface area (Å²) in [5, 5.41) is 11.1. The van der Waals surface area contributed by atoms with Gasteiger partial charge in [-0.2, -0.15) is 0 Å². The van der Waals surface area contributed by atoms with Crippen molar-refractivity contribution >= 4 is 33.7 Å². The van der Waals surface area contributed by atoms with Crippen LogP contribution in [0.5, 0.6) is 0 Å². The molecule has 1 N–H and O–H groups in total. The molecular formula is C17H11NO3S. The van der Waals surface area contributed by atoms with E-state index >= 15 is 0 Å². The summed E-state index contributed by atoms with van der Waals surface area (Å²) in [5.41, 5.74) is 1.25. The molecule has 0 saturated heterocycles. The van der Waals surface area contributed by atoms with Crippen LogP contribution in [0.2, 0.25) is 0 Å². The number of hydrogen-bond donors (Lipinski definition) is 1. The Labute approximate surface area is 129 Å². The second-order valence-corrected chi connectivity index (χ2v) is 6.00. The summed E-state index contributed by atoms with van der Waals surface area (Å²) in [6.45, 7) is 0. The number of nitrogens with zero attached hydrogens (tertiary/aromatic N) is 1. The molecular weight excluding hydrogens is 298 g/mol. The maximum absolute atomic E-state index is 12.3. The molecule has 4 nitrogen and oxygen atoms in total. The number of hydrogen-bond acceptors (Lipinski definition) is 5. The predicted molar refractivity (Wildman–Crippen MR) is 87.1 cm³/mol. The molecule has 0 atom stereocenters. The summed E-state index contributed by atoms with van der Waals surface area (Å²) in [5.74, 6) is 0.103. The highest BCUT2D eigenvalue weighted by Gasteiger charge is 2.12. The molecule has 0 amide bonds. The minimum absolute atomic E-state index is 0.103. The predicted octanol–water partition coefficient (Wildman–Crippen LogP) is 2.32. The van der Waals surface area contributed by atoms with Crippen molar-refractivity contribution in [3.05, 3.63) is 63.2 Å². The van der Waals surface area contributed by atoms with Gasteiger partial charge in [0.2, 0.25) is 0 Å². The van der Waals surface area contributed by atoms with E-state index in [9.17, 15) is 9.90 Å². The van der Waals surface area contributed by atoms with Crippen LogP contribution in [0.1, 0.15) is 6.42 Å². The zero-order valence-corrected chi connectivity index (χ0v) is 12.3. The number of para-hydroxylation sites is 1.